The highest BCUT2D eigenvalue weighted by Gasteiger charge is 2.18. The molecule has 1 aliphatic rings. The van der Waals surface area contributed by atoms with E-state index in [9.17, 15) is 0 Å². The van der Waals surface area contributed by atoms with E-state index in [1.54, 1.807) is 0 Å². The van der Waals surface area contributed by atoms with Gasteiger partial charge in [-0.1, -0.05) is 6.42 Å². The minimum absolute atomic E-state index is 0.119. The van der Waals surface area contributed by atoms with Crippen molar-refractivity contribution in [2.75, 3.05) is 20.1 Å². The average Bonchev–Trinajstić information content (AvgIpc) is 2.05. The van der Waals surface area contributed by atoms with Gasteiger partial charge in [-0.05, 0) is 58.5 Å². The quantitative estimate of drug-likeness (QED) is 0.636. The summed E-state index contributed by atoms with van der Waals surface area (Å²) < 4.78 is 0. The number of unbranched alkanes of at least 4 members (excludes halogenated alkanes) is 1. The molecule has 2 heteroatoms. The summed E-state index contributed by atoms with van der Waals surface area (Å²) in [5.41, 5.74) is 0. The lowest BCUT2D eigenvalue weighted by molar-refractivity contribution is 0.173. The van der Waals surface area contributed by atoms with Crippen LogP contribution in [-0.4, -0.2) is 36.2 Å². The number of rotatable bonds is 7. The molecule has 0 aromatic rings. The van der Waals surface area contributed by atoms with Gasteiger partial charge in [0.2, 0.25) is 0 Å². The van der Waals surface area contributed by atoms with Crippen molar-refractivity contribution in [1.82, 2.24) is 4.90 Å². The molecule has 0 saturated heterocycles. The third-order valence-electron chi connectivity index (χ3n) is 3.21. The molecule has 0 radical (unpaired) electrons. The van der Waals surface area contributed by atoms with Crippen LogP contribution in [-0.2, 0) is 0 Å². The topological polar surface area (TPSA) is 23.5 Å². The summed E-state index contributed by atoms with van der Waals surface area (Å²) in [7, 11) is 2.22. The van der Waals surface area contributed by atoms with E-state index in [2.05, 4.69) is 11.9 Å². The van der Waals surface area contributed by atoms with Gasteiger partial charge in [0.05, 0.1) is 6.10 Å². The van der Waals surface area contributed by atoms with Crippen molar-refractivity contribution >= 4 is 0 Å². The Kier molecular flexibility index (Phi) is 5.49. The maximum Gasteiger partial charge on any atom is 0.0512 e. The zero-order valence-electron chi connectivity index (χ0n) is 9.71. The van der Waals surface area contributed by atoms with E-state index in [1.807, 2.05) is 6.92 Å². The fraction of sp³-hybridized carbons (Fsp3) is 1.00. The summed E-state index contributed by atoms with van der Waals surface area (Å²) in [5, 5.41) is 9.10. The Bertz CT molecular complexity index is 143. The predicted molar refractivity (Wildman–Crippen MR) is 60.4 cm³/mol. The molecule has 2 nitrogen and oxygen atoms in total. The third-order valence-corrected chi connectivity index (χ3v) is 3.21. The largest absolute Gasteiger partial charge is 0.393 e. The van der Waals surface area contributed by atoms with Gasteiger partial charge >= 0.3 is 0 Å². The molecule has 0 bridgehead atoms. The van der Waals surface area contributed by atoms with Gasteiger partial charge in [0.15, 0.2) is 0 Å². The first-order valence-corrected chi connectivity index (χ1v) is 6.05. The van der Waals surface area contributed by atoms with E-state index in [0.29, 0.717) is 0 Å². The van der Waals surface area contributed by atoms with Gasteiger partial charge in [0, 0.05) is 6.54 Å². The Morgan fingerprint density at radius 3 is 2.57 bits per heavy atom. The molecule has 0 spiro atoms. The van der Waals surface area contributed by atoms with Crippen LogP contribution in [0.25, 0.3) is 0 Å². The number of aliphatic hydroxyl groups is 1. The number of nitrogens with zero attached hydrogens (tertiary/aromatic N) is 1. The summed E-state index contributed by atoms with van der Waals surface area (Å²) in [6.45, 7) is 4.36. The Balaban J connectivity index is 1.89. The zero-order chi connectivity index (χ0) is 10.4. The van der Waals surface area contributed by atoms with E-state index in [1.165, 1.54) is 38.8 Å². The molecule has 1 unspecified atom stereocenters. The smallest absolute Gasteiger partial charge is 0.0512 e. The van der Waals surface area contributed by atoms with Crippen LogP contribution in [0.2, 0.25) is 0 Å². The molecule has 84 valence electrons. The van der Waals surface area contributed by atoms with E-state index in [-0.39, 0.29) is 6.10 Å². The molecule has 0 heterocycles. The highest BCUT2D eigenvalue weighted by molar-refractivity contribution is 4.72. The second-order valence-electron chi connectivity index (χ2n) is 4.90. The average molecular weight is 199 g/mol. The van der Waals surface area contributed by atoms with E-state index in [0.717, 1.165) is 18.8 Å². The molecule has 1 fully saturated rings. The van der Waals surface area contributed by atoms with Crippen LogP contribution >= 0.6 is 0 Å². The second kappa shape index (κ2) is 6.41. The highest BCUT2D eigenvalue weighted by atomic mass is 16.3. The molecular formula is C12H25NO. The minimum atomic E-state index is -0.119. The minimum Gasteiger partial charge on any atom is -0.393 e. The van der Waals surface area contributed by atoms with Crippen LogP contribution < -0.4 is 0 Å². The third kappa shape index (κ3) is 4.97. The first-order chi connectivity index (χ1) is 6.68. The highest BCUT2D eigenvalue weighted by Crippen LogP contribution is 2.26. The monoisotopic (exact) mass is 199 g/mol. The number of hydrogen-bond acceptors (Lipinski definition) is 2. The second-order valence-corrected chi connectivity index (χ2v) is 4.90. The lowest BCUT2D eigenvalue weighted by Gasteiger charge is -2.30. The lowest BCUT2D eigenvalue weighted by atomic mass is 9.85. The van der Waals surface area contributed by atoms with Crippen LogP contribution in [0.3, 0.4) is 0 Å². The predicted octanol–water partition coefficient (Wildman–Crippen LogP) is 2.27. The molecule has 0 aliphatic heterocycles. The van der Waals surface area contributed by atoms with Gasteiger partial charge < -0.3 is 10.0 Å². The maximum absolute atomic E-state index is 9.10. The van der Waals surface area contributed by atoms with Crippen LogP contribution in [0, 0.1) is 5.92 Å². The zero-order valence-corrected chi connectivity index (χ0v) is 9.71. The van der Waals surface area contributed by atoms with Crippen molar-refractivity contribution < 1.29 is 5.11 Å². The van der Waals surface area contributed by atoms with Crippen LogP contribution in [0.15, 0.2) is 0 Å². The Labute approximate surface area is 88.3 Å². The maximum atomic E-state index is 9.10. The standard InChI is InChI=1S/C12H25NO/c1-11(14)6-3-4-9-13(2)10-12-7-5-8-12/h11-12,14H,3-10H2,1-2H3. The van der Waals surface area contributed by atoms with Gasteiger partial charge in [-0.2, -0.15) is 0 Å². The molecule has 1 rings (SSSR count). The summed E-state index contributed by atoms with van der Waals surface area (Å²) in [5.74, 6) is 0.983. The SMILES string of the molecule is CC(O)CCCCN(C)CC1CCC1. The summed E-state index contributed by atoms with van der Waals surface area (Å²) in [6, 6.07) is 0. The van der Waals surface area contributed by atoms with Gasteiger partial charge in [-0.3, -0.25) is 0 Å². The molecule has 1 N–H and O–H groups in total. The first-order valence-electron chi connectivity index (χ1n) is 6.05. The first kappa shape index (κ1) is 12.0. The molecule has 1 atom stereocenters. The Hall–Kier alpha value is -0.0800. The van der Waals surface area contributed by atoms with Crippen molar-refractivity contribution in [3.63, 3.8) is 0 Å². The van der Waals surface area contributed by atoms with Crippen molar-refractivity contribution in [2.24, 2.45) is 5.92 Å². The van der Waals surface area contributed by atoms with Crippen molar-refractivity contribution in [3.8, 4) is 0 Å². The van der Waals surface area contributed by atoms with Crippen LogP contribution in [0.1, 0.15) is 45.4 Å². The van der Waals surface area contributed by atoms with Gasteiger partial charge in [-0.15, -0.1) is 0 Å². The molecule has 0 aromatic heterocycles. The lowest BCUT2D eigenvalue weighted by Crippen LogP contribution is -2.30. The van der Waals surface area contributed by atoms with Gasteiger partial charge in [-0.25, -0.2) is 0 Å². The van der Waals surface area contributed by atoms with Crippen molar-refractivity contribution in [3.05, 3.63) is 0 Å². The van der Waals surface area contributed by atoms with E-state index >= 15 is 0 Å². The fourth-order valence-electron chi connectivity index (χ4n) is 2.03. The van der Waals surface area contributed by atoms with E-state index in [4.69, 9.17) is 5.11 Å². The van der Waals surface area contributed by atoms with Gasteiger partial charge in [0.25, 0.3) is 0 Å². The summed E-state index contributed by atoms with van der Waals surface area (Å²) in [6.07, 6.45) is 7.56. The molecule has 0 aromatic carbocycles. The van der Waals surface area contributed by atoms with Crippen molar-refractivity contribution in [2.45, 2.75) is 51.6 Å². The molecular weight excluding hydrogens is 174 g/mol. The summed E-state index contributed by atoms with van der Waals surface area (Å²) >= 11 is 0. The number of hydrogen-bond donors (Lipinski definition) is 1. The Morgan fingerprint density at radius 2 is 2.07 bits per heavy atom. The normalized spacial score (nSPS) is 19.7. The Morgan fingerprint density at radius 1 is 1.36 bits per heavy atom. The summed E-state index contributed by atoms with van der Waals surface area (Å²) in [4.78, 5) is 2.45. The van der Waals surface area contributed by atoms with E-state index < -0.39 is 0 Å². The molecule has 14 heavy (non-hydrogen) atoms. The van der Waals surface area contributed by atoms with Gasteiger partial charge in [0.1, 0.15) is 0 Å². The van der Waals surface area contributed by atoms with Crippen molar-refractivity contribution in [1.29, 1.82) is 0 Å². The molecule has 0 amide bonds. The molecule has 1 aliphatic carbocycles. The molecule has 1 saturated carbocycles. The van der Waals surface area contributed by atoms with Crippen LogP contribution in [0.4, 0.5) is 0 Å². The number of aliphatic hydroxyl groups excluding tert-OH is 1. The fourth-order valence-corrected chi connectivity index (χ4v) is 2.03. The van der Waals surface area contributed by atoms with Crippen LogP contribution in [0.5, 0.6) is 0 Å².